The van der Waals surface area contributed by atoms with Gasteiger partial charge in [-0.25, -0.2) is 4.79 Å². The topological polar surface area (TPSA) is 53.1 Å². The van der Waals surface area contributed by atoms with Crippen molar-refractivity contribution in [1.82, 2.24) is 4.98 Å². The van der Waals surface area contributed by atoms with Crippen LogP contribution in [0.15, 0.2) is 58.5 Å². The van der Waals surface area contributed by atoms with Crippen LogP contribution in [0.25, 0.3) is 10.9 Å². The van der Waals surface area contributed by atoms with E-state index in [1.54, 1.807) is 6.07 Å². The summed E-state index contributed by atoms with van der Waals surface area (Å²) in [5.74, 6) is -0.896. The van der Waals surface area contributed by atoms with Crippen LogP contribution < -0.4 is 0 Å². The number of hydrogen-bond acceptors (Lipinski definition) is 2. The number of hydrogen-bond donors (Lipinski definition) is 2. The third-order valence-electron chi connectivity index (χ3n) is 3.09. The summed E-state index contributed by atoms with van der Waals surface area (Å²) >= 11 is 1.44. The van der Waals surface area contributed by atoms with Gasteiger partial charge in [0.1, 0.15) is 0 Å². The first-order valence-electron chi connectivity index (χ1n) is 6.23. The average Bonchev–Trinajstić information content (AvgIpc) is 2.82. The van der Waals surface area contributed by atoms with E-state index in [0.717, 1.165) is 26.4 Å². The predicted octanol–water partition coefficient (Wildman–Crippen LogP) is 4.33. The monoisotopic (exact) mass is 283 g/mol. The molecule has 3 rings (SSSR count). The number of benzene rings is 2. The highest BCUT2D eigenvalue weighted by Crippen LogP contribution is 2.32. The Hall–Kier alpha value is -2.20. The van der Waals surface area contributed by atoms with Gasteiger partial charge in [-0.15, -0.1) is 0 Å². The average molecular weight is 283 g/mol. The van der Waals surface area contributed by atoms with E-state index in [9.17, 15) is 9.90 Å². The zero-order chi connectivity index (χ0) is 14.1. The number of aromatic carboxylic acids is 1. The Kier molecular flexibility index (Phi) is 3.24. The van der Waals surface area contributed by atoms with Crippen LogP contribution in [0, 0.1) is 6.92 Å². The summed E-state index contributed by atoms with van der Waals surface area (Å²) in [5, 5.41) is 11.4. The third-order valence-corrected chi connectivity index (χ3v) is 4.11. The lowest BCUT2D eigenvalue weighted by atomic mass is 10.1. The number of para-hydroxylation sites is 1. The summed E-state index contributed by atoms with van der Waals surface area (Å²) in [6.07, 6.45) is 0. The van der Waals surface area contributed by atoms with Gasteiger partial charge in [-0.2, -0.15) is 0 Å². The van der Waals surface area contributed by atoms with E-state index in [-0.39, 0.29) is 0 Å². The molecule has 100 valence electrons. The molecule has 0 aliphatic carbocycles. The highest BCUT2D eigenvalue weighted by molar-refractivity contribution is 7.99. The van der Waals surface area contributed by atoms with Crippen LogP contribution in [0.4, 0.5) is 0 Å². The van der Waals surface area contributed by atoms with Crippen molar-refractivity contribution in [1.29, 1.82) is 0 Å². The second-order valence-electron chi connectivity index (χ2n) is 4.63. The molecule has 0 bridgehead atoms. The number of rotatable bonds is 3. The maximum atomic E-state index is 11.3. The van der Waals surface area contributed by atoms with Crippen LogP contribution in [-0.2, 0) is 0 Å². The van der Waals surface area contributed by atoms with E-state index in [4.69, 9.17) is 0 Å². The minimum absolute atomic E-state index is 0.341. The molecule has 2 aromatic carbocycles. The van der Waals surface area contributed by atoms with Crippen LogP contribution in [-0.4, -0.2) is 16.1 Å². The molecule has 3 nitrogen and oxygen atoms in total. The fourth-order valence-corrected chi connectivity index (χ4v) is 3.10. The minimum Gasteiger partial charge on any atom is -0.478 e. The molecule has 0 unspecified atom stereocenters. The van der Waals surface area contributed by atoms with Crippen LogP contribution in [0.1, 0.15) is 15.9 Å². The standard InChI is InChI=1S/C16H13NO2S/c1-10-6-7-14(12(8-10)16(18)19)20-15-9-11-4-2-3-5-13(11)17-15/h2-9,17H,1H3,(H,18,19). The molecule has 0 spiro atoms. The van der Waals surface area contributed by atoms with Crippen molar-refractivity contribution in [2.75, 3.05) is 0 Å². The van der Waals surface area contributed by atoms with Crippen LogP contribution >= 0.6 is 11.8 Å². The number of carboxylic acids is 1. The number of fused-ring (bicyclic) bond motifs is 1. The second kappa shape index (κ2) is 5.06. The Labute approximate surface area is 120 Å². The number of aromatic nitrogens is 1. The van der Waals surface area contributed by atoms with Gasteiger partial charge in [-0.05, 0) is 31.2 Å². The van der Waals surface area contributed by atoms with E-state index < -0.39 is 5.97 Å². The number of carboxylic acid groups (broad SMARTS) is 1. The number of nitrogens with one attached hydrogen (secondary N) is 1. The molecule has 20 heavy (non-hydrogen) atoms. The van der Waals surface area contributed by atoms with Crippen molar-refractivity contribution in [3.63, 3.8) is 0 Å². The first-order valence-corrected chi connectivity index (χ1v) is 7.05. The number of carbonyl (C=O) groups is 1. The largest absolute Gasteiger partial charge is 0.478 e. The van der Waals surface area contributed by atoms with E-state index >= 15 is 0 Å². The van der Waals surface area contributed by atoms with Crippen molar-refractivity contribution in [2.45, 2.75) is 16.8 Å². The molecular formula is C16H13NO2S. The van der Waals surface area contributed by atoms with Crippen LogP contribution in [0.2, 0.25) is 0 Å². The highest BCUT2D eigenvalue weighted by Gasteiger charge is 2.12. The summed E-state index contributed by atoms with van der Waals surface area (Å²) in [6, 6.07) is 15.5. The summed E-state index contributed by atoms with van der Waals surface area (Å²) in [6.45, 7) is 1.89. The summed E-state index contributed by atoms with van der Waals surface area (Å²) in [5.41, 5.74) is 2.34. The van der Waals surface area contributed by atoms with Crippen molar-refractivity contribution < 1.29 is 9.90 Å². The number of H-pyrrole nitrogens is 1. The predicted molar refractivity (Wildman–Crippen MR) is 80.6 cm³/mol. The van der Waals surface area contributed by atoms with Gasteiger partial charge >= 0.3 is 5.97 Å². The van der Waals surface area contributed by atoms with Crippen molar-refractivity contribution in [2.24, 2.45) is 0 Å². The molecule has 0 saturated heterocycles. The molecule has 4 heteroatoms. The summed E-state index contributed by atoms with van der Waals surface area (Å²) in [4.78, 5) is 15.4. The molecule has 0 fully saturated rings. The lowest BCUT2D eigenvalue weighted by molar-refractivity contribution is 0.0693. The molecule has 0 aliphatic heterocycles. The van der Waals surface area contributed by atoms with Gasteiger partial charge in [0, 0.05) is 15.8 Å². The van der Waals surface area contributed by atoms with Gasteiger partial charge in [0.25, 0.3) is 0 Å². The first kappa shape index (κ1) is 12.8. The number of aryl methyl sites for hydroxylation is 1. The van der Waals surface area contributed by atoms with E-state index in [0.29, 0.717) is 5.56 Å². The molecule has 0 atom stereocenters. The van der Waals surface area contributed by atoms with Gasteiger partial charge in [0.2, 0.25) is 0 Å². The van der Waals surface area contributed by atoms with Gasteiger partial charge < -0.3 is 10.1 Å². The fraction of sp³-hybridized carbons (Fsp3) is 0.0625. The summed E-state index contributed by atoms with van der Waals surface area (Å²) < 4.78 is 0. The molecule has 2 N–H and O–H groups in total. The van der Waals surface area contributed by atoms with Crippen molar-refractivity contribution in [3.05, 3.63) is 59.7 Å². The first-order chi connectivity index (χ1) is 9.63. The Morgan fingerprint density at radius 2 is 1.95 bits per heavy atom. The highest BCUT2D eigenvalue weighted by atomic mass is 32.2. The number of aromatic amines is 1. The van der Waals surface area contributed by atoms with Gasteiger partial charge in [-0.3, -0.25) is 0 Å². The molecule has 0 aliphatic rings. The normalized spacial score (nSPS) is 10.8. The van der Waals surface area contributed by atoms with E-state index in [1.165, 1.54) is 11.8 Å². The smallest absolute Gasteiger partial charge is 0.336 e. The van der Waals surface area contributed by atoms with Gasteiger partial charge in [0.05, 0.1) is 10.6 Å². The Morgan fingerprint density at radius 3 is 2.70 bits per heavy atom. The quantitative estimate of drug-likeness (QED) is 0.752. The molecule has 0 amide bonds. The fourth-order valence-electron chi connectivity index (χ4n) is 2.12. The van der Waals surface area contributed by atoms with Crippen LogP contribution in [0.5, 0.6) is 0 Å². The molecular weight excluding hydrogens is 270 g/mol. The molecule has 1 heterocycles. The van der Waals surface area contributed by atoms with E-state index in [2.05, 4.69) is 4.98 Å². The molecule has 0 radical (unpaired) electrons. The Morgan fingerprint density at radius 1 is 1.15 bits per heavy atom. The van der Waals surface area contributed by atoms with Crippen molar-refractivity contribution in [3.8, 4) is 0 Å². The van der Waals surface area contributed by atoms with E-state index in [1.807, 2.05) is 49.4 Å². The lowest BCUT2D eigenvalue weighted by Gasteiger charge is -2.05. The summed E-state index contributed by atoms with van der Waals surface area (Å²) in [7, 11) is 0. The Balaban J connectivity index is 2.00. The second-order valence-corrected chi connectivity index (χ2v) is 5.71. The zero-order valence-corrected chi connectivity index (χ0v) is 11.7. The maximum Gasteiger partial charge on any atom is 0.336 e. The Bertz CT molecular complexity index is 759. The van der Waals surface area contributed by atoms with Gasteiger partial charge in [-0.1, -0.05) is 41.6 Å². The lowest BCUT2D eigenvalue weighted by Crippen LogP contribution is -1.99. The molecule has 1 aromatic heterocycles. The maximum absolute atomic E-state index is 11.3. The van der Waals surface area contributed by atoms with Crippen LogP contribution in [0.3, 0.4) is 0 Å². The molecule has 3 aromatic rings. The zero-order valence-electron chi connectivity index (χ0n) is 10.9. The SMILES string of the molecule is Cc1ccc(Sc2cc3ccccc3[nH]2)c(C(=O)O)c1. The molecule has 0 saturated carbocycles. The van der Waals surface area contributed by atoms with Crippen molar-refractivity contribution >= 4 is 28.6 Å². The minimum atomic E-state index is -0.896. The van der Waals surface area contributed by atoms with Gasteiger partial charge in [0.15, 0.2) is 0 Å². The third kappa shape index (κ3) is 2.42.